The lowest BCUT2D eigenvalue weighted by Gasteiger charge is -2.36. The van der Waals surface area contributed by atoms with Crippen LogP contribution in [0.2, 0.25) is 0 Å². The Morgan fingerprint density at radius 2 is 2.31 bits per heavy atom. The van der Waals surface area contributed by atoms with E-state index in [9.17, 15) is 10.2 Å². The van der Waals surface area contributed by atoms with Crippen molar-refractivity contribution in [2.24, 2.45) is 11.3 Å². The maximum absolute atomic E-state index is 9.63. The molecule has 0 aromatic carbocycles. The van der Waals surface area contributed by atoms with Gasteiger partial charge in [0, 0.05) is 11.8 Å². The van der Waals surface area contributed by atoms with E-state index in [-0.39, 0.29) is 18.1 Å². The molecule has 0 amide bonds. The number of aliphatic hydroxyl groups is 2. The first kappa shape index (κ1) is 10.8. The molecule has 1 heterocycles. The minimum Gasteiger partial charge on any atom is -0.395 e. The molecule has 16 heavy (non-hydrogen) atoms. The Morgan fingerprint density at radius 1 is 1.50 bits per heavy atom. The molecule has 1 saturated heterocycles. The van der Waals surface area contributed by atoms with Crippen LogP contribution in [0.5, 0.6) is 0 Å². The molecule has 90 valence electrons. The van der Waals surface area contributed by atoms with Crippen molar-refractivity contribution in [3.63, 3.8) is 0 Å². The van der Waals surface area contributed by atoms with Crippen molar-refractivity contribution in [2.45, 2.75) is 51.4 Å². The highest BCUT2D eigenvalue weighted by Gasteiger charge is 2.49. The quantitative estimate of drug-likeness (QED) is 0.665. The molecule has 3 aliphatic rings. The third kappa shape index (κ3) is 1.38. The van der Waals surface area contributed by atoms with Crippen molar-refractivity contribution in [3.05, 3.63) is 11.1 Å². The van der Waals surface area contributed by atoms with Gasteiger partial charge in [-0.1, -0.05) is 12.5 Å². The molecular weight excluding hydrogens is 204 g/mol. The van der Waals surface area contributed by atoms with Crippen molar-refractivity contribution in [1.82, 2.24) is 0 Å². The van der Waals surface area contributed by atoms with Crippen LogP contribution in [0.15, 0.2) is 11.1 Å². The molecule has 0 aromatic rings. The van der Waals surface area contributed by atoms with Gasteiger partial charge in [0.25, 0.3) is 0 Å². The molecule has 0 aromatic heterocycles. The van der Waals surface area contributed by atoms with Gasteiger partial charge < -0.3 is 14.9 Å². The summed E-state index contributed by atoms with van der Waals surface area (Å²) in [6, 6.07) is 0. The Hall–Kier alpha value is -0.380. The lowest BCUT2D eigenvalue weighted by molar-refractivity contribution is -0.0866. The maximum atomic E-state index is 9.63. The Labute approximate surface area is 96.1 Å². The molecule has 0 spiro atoms. The SMILES string of the molecule is C[C@@]1(CO)CCCC2=C1[C@H]1OC(O)C[C@H]1C2. The van der Waals surface area contributed by atoms with Gasteiger partial charge in [-0.05, 0) is 37.2 Å². The van der Waals surface area contributed by atoms with Gasteiger partial charge in [-0.3, -0.25) is 0 Å². The Morgan fingerprint density at radius 3 is 3.06 bits per heavy atom. The summed E-state index contributed by atoms with van der Waals surface area (Å²) in [5, 5.41) is 19.2. The van der Waals surface area contributed by atoms with E-state index in [1.165, 1.54) is 17.6 Å². The summed E-state index contributed by atoms with van der Waals surface area (Å²) in [5.74, 6) is 0.462. The average Bonchev–Trinajstić information content (AvgIpc) is 2.74. The van der Waals surface area contributed by atoms with Gasteiger partial charge in [0.15, 0.2) is 6.29 Å². The summed E-state index contributed by atoms with van der Waals surface area (Å²) in [5.41, 5.74) is 2.73. The Kier molecular flexibility index (Phi) is 2.39. The molecule has 4 atom stereocenters. The number of aliphatic hydroxyl groups excluding tert-OH is 2. The smallest absolute Gasteiger partial charge is 0.155 e. The van der Waals surface area contributed by atoms with Crippen LogP contribution in [0.3, 0.4) is 0 Å². The zero-order valence-electron chi connectivity index (χ0n) is 9.78. The first-order valence-electron chi connectivity index (χ1n) is 6.31. The number of ether oxygens (including phenoxy) is 1. The fourth-order valence-electron chi connectivity index (χ4n) is 3.84. The highest BCUT2D eigenvalue weighted by molar-refractivity contribution is 5.35. The minimum absolute atomic E-state index is 0.0856. The average molecular weight is 224 g/mol. The molecule has 1 fully saturated rings. The lowest BCUT2D eigenvalue weighted by Crippen LogP contribution is -2.33. The molecule has 1 aliphatic heterocycles. The van der Waals surface area contributed by atoms with Crippen LogP contribution in [0.1, 0.15) is 39.0 Å². The van der Waals surface area contributed by atoms with Crippen LogP contribution >= 0.6 is 0 Å². The predicted molar refractivity (Wildman–Crippen MR) is 59.7 cm³/mol. The molecule has 2 aliphatic carbocycles. The van der Waals surface area contributed by atoms with Crippen LogP contribution in [0.25, 0.3) is 0 Å². The van der Waals surface area contributed by atoms with Crippen molar-refractivity contribution >= 4 is 0 Å². The van der Waals surface area contributed by atoms with Gasteiger partial charge >= 0.3 is 0 Å². The van der Waals surface area contributed by atoms with Crippen molar-refractivity contribution < 1.29 is 14.9 Å². The van der Waals surface area contributed by atoms with Crippen LogP contribution in [-0.2, 0) is 4.74 Å². The summed E-state index contributed by atoms with van der Waals surface area (Å²) < 4.78 is 5.64. The van der Waals surface area contributed by atoms with Gasteiger partial charge in [0.05, 0.1) is 12.7 Å². The minimum atomic E-state index is -0.589. The normalized spacial score (nSPS) is 47.1. The summed E-state index contributed by atoms with van der Waals surface area (Å²) in [4.78, 5) is 0. The lowest BCUT2D eigenvalue weighted by atomic mass is 9.71. The number of allylic oxidation sites excluding steroid dienone is 1. The molecule has 2 N–H and O–H groups in total. The third-order valence-corrected chi connectivity index (χ3v) is 4.62. The highest BCUT2D eigenvalue weighted by atomic mass is 16.6. The second-order valence-corrected chi connectivity index (χ2v) is 5.80. The van der Waals surface area contributed by atoms with Crippen molar-refractivity contribution in [2.75, 3.05) is 6.61 Å². The summed E-state index contributed by atoms with van der Waals surface area (Å²) >= 11 is 0. The monoisotopic (exact) mass is 224 g/mol. The van der Waals surface area contributed by atoms with E-state index >= 15 is 0 Å². The van der Waals surface area contributed by atoms with Crippen molar-refractivity contribution in [1.29, 1.82) is 0 Å². The van der Waals surface area contributed by atoms with Gasteiger partial charge in [0.1, 0.15) is 0 Å². The zero-order chi connectivity index (χ0) is 11.3. The standard InChI is InChI=1S/C13H20O3/c1-13(7-14)4-2-3-8-5-9-6-10(15)16-12(9)11(8)13/h9-10,12,14-15H,2-7H2,1H3/t9-,10?,12+,13+/m1/s1. The van der Waals surface area contributed by atoms with E-state index in [0.717, 1.165) is 25.7 Å². The molecule has 1 unspecified atom stereocenters. The van der Waals surface area contributed by atoms with Gasteiger partial charge in [-0.25, -0.2) is 0 Å². The molecule has 3 heteroatoms. The number of hydrogen-bond acceptors (Lipinski definition) is 3. The van der Waals surface area contributed by atoms with E-state index in [1.807, 2.05) is 0 Å². The molecule has 3 rings (SSSR count). The number of fused-ring (bicyclic) bond motifs is 2. The van der Waals surface area contributed by atoms with E-state index in [0.29, 0.717) is 5.92 Å². The van der Waals surface area contributed by atoms with E-state index in [2.05, 4.69) is 6.92 Å². The predicted octanol–water partition coefficient (Wildman–Crippen LogP) is 1.59. The Bertz CT molecular complexity index is 336. The maximum Gasteiger partial charge on any atom is 0.155 e. The van der Waals surface area contributed by atoms with Crippen LogP contribution in [0.4, 0.5) is 0 Å². The van der Waals surface area contributed by atoms with Crippen LogP contribution in [0, 0.1) is 11.3 Å². The van der Waals surface area contributed by atoms with Crippen LogP contribution in [-0.4, -0.2) is 29.2 Å². The molecule has 0 radical (unpaired) electrons. The largest absolute Gasteiger partial charge is 0.395 e. The topological polar surface area (TPSA) is 49.7 Å². The van der Waals surface area contributed by atoms with Crippen molar-refractivity contribution in [3.8, 4) is 0 Å². The molecule has 0 saturated carbocycles. The Balaban J connectivity index is 1.96. The van der Waals surface area contributed by atoms with E-state index < -0.39 is 6.29 Å². The fourth-order valence-corrected chi connectivity index (χ4v) is 3.84. The second kappa shape index (κ2) is 3.56. The first-order valence-corrected chi connectivity index (χ1v) is 6.31. The highest BCUT2D eigenvalue weighted by Crippen LogP contribution is 2.53. The summed E-state index contributed by atoms with van der Waals surface area (Å²) in [6.07, 6.45) is 4.72. The number of hydrogen-bond donors (Lipinski definition) is 2. The first-order chi connectivity index (χ1) is 7.64. The number of rotatable bonds is 1. The summed E-state index contributed by atoms with van der Waals surface area (Å²) in [6.45, 7) is 2.34. The van der Waals surface area contributed by atoms with Gasteiger partial charge in [0.2, 0.25) is 0 Å². The van der Waals surface area contributed by atoms with E-state index in [1.54, 1.807) is 0 Å². The molecule has 3 nitrogen and oxygen atoms in total. The second-order valence-electron chi connectivity index (χ2n) is 5.80. The van der Waals surface area contributed by atoms with Crippen LogP contribution < -0.4 is 0 Å². The van der Waals surface area contributed by atoms with E-state index in [4.69, 9.17) is 4.74 Å². The fraction of sp³-hybridized carbons (Fsp3) is 0.846. The van der Waals surface area contributed by atoms with Gasteiger partial charge in [-0.15, -0.1) is 0 Å². The molecule has 0 bridgehead atoms. The zero-order valence-corrected chi connectivity index (χ0v) is 9.78. The van der Waals surface area contributed by atoms with Gasteiger partial charge in [-0.2, -0.15) is 0 Å². The summed E-state index contributed by atoms with van der Waals surface area (Å²) in [7, 11) is 0. The molecular formula is C13H20O3. The third-order valence-electron chi connectivity index (χ3n) is 4.62.